The molecule has 0 bridgehead atoms. The van der Waals surface area contributed by atoms with Gasteiger partial charge in [0, 0.05) is 6.42 Å². The van der Waals surface area contributed by atoms with Crippen molar-refractivity contribution in [2.45, 2.75) is 33.1 Å². The molecular formula is C15H20N6O. The van der Waals surface area contributed by atoms with Gasteiger partial charge in [-0.1, -0.05) is 19.4 Å². The molecule has 0 fully saturated rings. The Labute approximate surface area is 129 Å². The summed E-state index contributed by atoms with van der Waals surface area (Å²) in [5.41, 5.74) is 9.77. The van der Waals surface area contributed by atoms with Gasteiger partial charge in [-0.2, -0.15) is 10.4 Å². The summed E-state index contributed by atoms with van der Waals surface area (Å²) in [5, 5.41) is 22.6. The second kappa shape index (κ2) is 8.42. The van der Waals surface area contributed by atoms with Crippen molar-refractivity contribution in [3.63, 3.8) is 0 Å². The third kappa shape index (κ3) is 5.25. The number of hydrogen-bond donors (Lipinski definition) is 4. The summed E-state index contributed by atoms with van der Waals surface area (Å²) in [7, 11) is 0. The van der Waals surface area contributed by atoms with Gasteiger partial charge in [-0.25, -0.2) is 0 Å². The molecule has 0 radical (unpaired) electrons. The number of carbonyl (C=O) groups is 1. The van der Waals surface area contributed by atoms with E-state index in [1.807, 2.05) is 19.9 Å². The van der Waals surface area contributed by atoms with E-state index < -0.39 is 5.84 Å². The molecule has 5 N–H and O–H groups in total. The molecule has 1 aromatic rings. The van der Waals surface area contributed by atoms with Crippen molar-refractivity contribution in [3.8, 4) is 6.07 Å². The zero-order valence-electron chi connectivity index (χ0n) is 12.7. The lowest BCUT2D eigenvalue weighted by molar-refractivity contribution is -0.116. The highest BCUT2D eigenvalue weighted by Gasteiger charge is 2.08. The molecule has 1 aromatic carbocycles. The smallest absolute Gasteiger partial charge is 0.224 e. The van der Waals surface area contributed by atoms with Gasteiger partial charge in [0.1, 0.15) is 6.07 Å². The molecule has 0 aliphatic heterocycles. The van der Waals surface area contributed by atoms with Crippen molar-refractivity contribution in [3.05, 3.63) is 23.8 Å². The molecule has 116 valence electrons. The molecule has 1 rings (SSSR count). The van der Waals surface area contributed by atoms with Crippen LogP contribution in [0.2, 0.25) is 0 Å². The number of aryl methyl sites for hydroxylation is 1. The first-order valence-corrected chi connectivity index (χ1v) is 6.96. The van der Waals surface area contributed by atoms with Crippen LogP contribution >= 0.6 is 0 Å². The van der Waals surface area contributed by atoms with Crippen molar-refractivity contribution in [2.24, 2.45) is 10.8 Å². The monoisotopic (exact) mass is 300 g/mol. The molecule has 7 heteroatoms. The molecule has 0 atom stereocenters. The fraction of sp³-hybridized carbons (Fsp3) is 0.333. The summed E-state index contributed by atoms with van der Waals surface area (Å²) >= 11 is 0. The normalized spacial score (nSPS) is 10.7. The van der Waals surface area contributed by atoms with Gasteiger partial charge < -0.3 is 11.1 Å². The van der Waals surface area contributed by atoms with E-state index in [-0.39, 0.29) is 11.6 Å². The summed E-state index contributed by atoms with van der Waals surface area (Å²) in [4.78, 5) is 11.8. The van der Waals surface area contributed by atoms with Gasteiger partial charge in [-0.15, -0.1) is 0 Å². The van der Waals surface area contributed by atoms with E-state index in [4.69, 9.17) is 16.4 Å². The quantitative estimate of drug-likeness (QED) is 0.350. The lowest BCUT2D eigenvalue weighted by Gasteiger charge is -2.11. The number of nitrogens with two attached hydrogens (primary N) is 1. The van der Waals surface area contributed by atoms with Gasteiger partial charge in [0.05, 0.1) is 11.4 Å². The molecule has 0 aliphatic carbocycles. The van der Waals surface area contributed by atoms with Gasteiger partial charge in [0.2, 0.25) is 11.6 Å². The standard InChI is InChI=1S/C15H20N6O/c1-3-4-5-14(22)19-11-7-6-10(2)8-12(11)20-21-13(9-16)15(17)18/h6-8,20H,3-5H2,1-2H3,(H3,17,18)(H,19,22)/b21-13+. The van der Waals surface area contributed by atoms with Crippen LogP contribution in [-0.2, 0) is 4.79 Å². The number of anilines is 2. The van der Waals surface area contributed by atoms with Crippen LogP contribution in [0.5, 0.6) is 0 Å². The van der Waals surface area contributed by atoms with Crippen LogP contribution < -0.4 is 16.5 Å². The minimum absolute atomic E-state index is 0.0789. The Kier molecular flexibility index (Phi) is 6.57. The molecule has 1 amide bonds. The summed E-state index contributed by atoms with van der Waals surface area (Å²) in [5.74, 6) is -0.499. The topological polar surface area (TPSA) is 127 Å². The minimum Gasteiger partial charge on any atom is -0.382 e. The first-order valence-electron chi connectivity index (χ1n) is 6.96. The van der Waals surface area contributed by atoms with Crippen LogP contribution in [0.25, 0.3) is 0 Å². The molecule has 22 heavy (non-hydrogen) atoms. The van der Waals surface area contributed by atoms with E-state index in [9.17, 15) is 4.79 Å². The molecule has 0 saturated heterocycles. The first kappa shape index (κ1) is 17.2. The van der Waals surface area contributed by atoms with E-state index in [1.54, 1.807) is 18.2 Å². The highest BCUT2D eigenvalue weighted by atomic mass is 16.1. The van der Waals surface area contributed by atoms with Gasteiger partial charge in [-0.05, 0) is 31.0 Å². The molecular weight excluding hydrogens is 280 g/mol. The van der Waals surface area contributed by atoms with Crippen molar-refractivity contribution in [1.82, 2.24) is 0 Å². The van der Waals surface area contributed by atoms with Crippen LogP contribution in [0, 0.1) is 23.7 Å². The third-order valence-electron chi connectivity index (χ3n) is 2.86. The van der Waals surface area contributed by atoms with E-state index in [1.165, 1.54) is 0 Å². The fourth-order valence-electron chi connectivity index (χ4n) is 1.67. The molecule has 0 unspecified atom stereocenters. The Morgan fingerprint density at radius 1 is 1.45 bits per heavy atom. The number of hydrogen-bond acceptors (Lipinski definition) is 5. The van der Waals surface area contributed by atoms with Gasteiger partial charge in [0.25, 0.3) is 0 Å². The van der Waals surface area contributed by atoms with Crippen LogP contribution in [-0.4, -0.2) is 17.5 Å². The van der Waals surface area contributed by atoms with Crippen molar-refractivity contribution in [2.75, 3.05) is 10.7 Å². The van der Waals surface area contributed by atoms with Crippen LogP contribution in [0.15, 0.2) is 23.3 Å². The number of rotatable bonds is 7. The van der Waals surface area contributed by atoms with Gasteiger partial charge >= 0.3 is 0 Å². The van der Waals surface area contributed by atoms with Gasteiger partial charge in [-0.3, -0.25) is 15.6 Å². The zero-order chi connectivity index (χ0) is 16.5. The van der Waals surface area contributed by atoms with Crippen LogP contribution in [0.4, 0.5) is 11.4 Å². The van der Waals surface area contributed by atoms with E-state index >= 15 is 0 Å². The zero-order valence-corrected chi connectivity index (χ0v) is 12.7. The van der Waals surface area contributed by atoms with Crippen LogP contribution in [0.1, 0.15) is 31.7 Å². The maximum atomic E-state index is 11.8. The Balaban J connectivity index is 2.94. The SMILES string of the molecule is CCCCC(=O)Nc1ccc(C)cc1N/N=C(\C#N)C(=N)N. The average Bonchev–Trinajstić information content (AvgIpc) is 2.48. The summed E-state index contributed by atoms with van der Waals surface area (Å²) in [6.45, 7) is 3.92. The maximum Gasteiger partial charge on any atom is 0.224 e. The van der Waals surface area contributed by atoms with Crippen LogP contribution in [0.3, 0.4) is 0 Å². The number of benzene rings is 1. The number of nitriles is 1. The van der Waals surface area contributed by atoms with Crippen molar-refractivity contribution >= 4 is 28.8 Å². The summed E-state index contributed by atoms with van der Waals surface area (Å²) in [6, 6.07) is 7.13. The molecule has 0 aromatic heterocycles. The Bertz CT molecular complexity index is 629. The summed E-state index contributed by atoms with van der Waals surface area (Å²) in [6.07, 6.45) is 2.21. The maximum absolute atomic E-state index is 11.8. The van der Waals surface area contributed by atoms with Gasteiger partial charge in [0.15, 0.2) is 5.84 Å². The lowest BCUT2D eigenvalue weighted by atomic mass is 10.2. The molecule has 7 nitrogen and oxygen atoms in total. The largest absolute Gasteiger partial charge is 0.382 e. The highest BCUT2D eigenvalue weighted by molar-refractivity contribution is 6.45. The Morgan fingerprint density at radius 3 is 2.77 bits per heavy atom. The predicted octanol–water partition coefficient (Wildman–Crippen LogP) is 2.35. The lowest BCUT2D eigenvalue weighted by Crippen LogP contribution is -2.22. The van der Waals surface area contributed by atoms with Crippen molar-refractivity contribution in [1.29, 1.82) is 10.7 Å². The van der Waals surface area contributed by atoms with Crippen molar-refractivity contribution < 1.29 is 4.79 Å². The number of carbonyl (C=O) groups excluding carboxylic acids is 1. The molecule has 0 aliphatic rings. The van der Waals surface area contributed by atoms with E-state index in [0.717, 1.165) is 18.4 Å². The predicted molar refractivity (Wildman–Crippen MR) is 87.9 cm³/mol. The second-order valence-electron chi connectivity index (χ2n) is 4.80. The average molecular weight is 300 g/mol. The third-order valence-corrected chi connectivity index (χ3v) is 2.86. The number of amidine groups is 1. The number of nitrogens with one attached hydrogen (secondary N) is 3. The Morgan fingerprint density at radius 2 is 2.18 bits per heavy atom. The summed E-state index contributed by atoms with van der Waals surface area (Å²) < 4.78 is 0. The number of amides is 1. The number of hydrazone groups is 1. The number of nitrogens with zero attached hydrogens (tertiary/aromatic N) is 2. The van der Waals surface area contributed by atoms with E-state index in [2.05, 4.69) is 15.8 Å². The molecule has 0 saturated carbocycles. The molecule has 0 heterocycles. The minimum atomic E-state index is -0.420. The molecule has 0 spiro atoms. The highest BCUT2D eigenvalue weighted by Crippen LogP contribution is 2.23. The Hall–Kier alpha value is -2.88. The number of unbranched alkanes of at least 4 members (excludes halogenated alkanes) is 1. The fourth-order valence-corrected chi connectivity index (χ4v) is 1.67. The second-order valence-corrected chi connectivity index (χ2v) is 4.80. The first-order chi connectivity index (χ1) is 10.5. The van der Waals surface area contributed by atoms with E-state index in [0.29, 0.717) is 17.8 Å².